The third kappa shape index (κ3) is 2.48. The summed E-state index contributed by atoms with van der Waals surface area (Å²) in [6.45, 7) is 0. The Morgan fingerprint density at radius 3 is 2.89 bits per heavy atom. The van der Waals surface area contributed by atoms with Gasteiger partial charge in [0.2, 0.25) is 0 Å². The van der Waals surface area contributed by atoms with Gasteiger partial charge in [-0.3, -0.25) is 4.98 Å². The van der Waals surface area contributed by atoms with Crippen molar-refractivity contribution in [2.75, 3.05) is 0 Å². The van der Waals surface area contributed by atoms with E-state index in [0.717, 1.165) is 15.7 Å². The molecule has 2 heterocycles. The van der Waals surface area contributed by atoms with E-state index in [1.165, 1.54) is 12.1 Å². The number of rotatable bonds is 1. The molecule has 1 aliphatic heterocycles. The standard InChI is InChI=1S/C14H12BrFN2O/c15-8-1-4-12(18-7-8)14-6-11(17)10-3-2-9(16)5-13(10)19-14/h1-5,7,11,14H,6,17H2. The van der Waals surface area contributed by atoms with Crippen LogP contribution in [0.4, 0.5) is 4.39 Å². The number of pyridine rings is 1. The second kappa shape index (κ2) is 4.90. The summed E-state index contributed by atoms with van der Waals surface area (Å²) in [6, 6.07) is 8.07. The first-order valence-corrected chi connectivity index (χ1v) is 6.76. The van der Waals surface area contributed by atoms with Crippen LogP contribution in [0.15, 0.2) is 41.0 Å². The normalized spacial score (nSPS) is 21.6. The molecule has 0 saturated heterocycles. The molecule has 0 fully saturated rings. The lowest BCUT2D eigenvalue weighted by atomic mass is 9.95. The van der Waals surface area contributed by atoms with E-state index in [4.69, 9.17) is 10.5 Å². The molecule has 98 valence electrons. The lowest BCUT2D eigenvalue weighted by Gasteiger charge is -2.29. The van der Waals surface area contributed by atoms with Gasteiger partial charge < -0.3 is 10.5 Å². The number of hydrogen-bond acceptors (Lipinski definition) is 3. The van der Waals surface area contributed by atoms with Crippen molar-refractivity contribution in [2.45, 2.75) is 18.6 Å². The SMILES string of the molecule is NC1CC(c2ccc(Br)cn2)Oc2cc(F)ccc21. The molecule has 0 radical (unpaired) electrons. The van der Waals surface area contributed by atoms with E-state index >= 15 is 0 Å². The van der Waals surface area contributed by atoms with E-state index in [0.29, 0.717) is 12.2 Å². The number of ether oxygens (including phenoxy) is 1. The minimum absolute atomic E-state index is 0.167. The molecule has 2 N–H and O–H groups in total. The van der Waals surface area contributed by atoms with Gasteiger partial charge in [0.25, 0.3) is 0 Å². The van der Waals surface area contributed by atoms with Crippen LogP contribution in [0.1, 0.15) is 29.8 Å². The van der Waals surface area contributed by atoms with Crippen LogP contribution in [0.25, 0.3) is 0 Å². The fourth-order valence-corrected chi connectivity index (χ4v) is 2.47. The van der Waals surface area contributed by atoms with Crippen LogP contribution < -0.4 is 10.5 Å². The van der Waals surface area contributed by atoms with E-state index in [2.05, 4.69) is 20.9 Å². The van der Waals surface area contributed by atoms with Crippen molar-refractivity contribution in [1.82, 2.24) is 4.98 Å². The van der Waals surface area contributed by atoms with Crippen LogP contribution in [0.5, 0.6) is 5.75 Å². The topological polar surface area (TPSA) is 48.1 Å². The lowest BCUT2D eigenvalue weighted by molar-refractivity contribution is 0.156. The Labute approximate surface area is 118 Å². The van der Waals surface area contributed by atoms with Gasteiger partial charge in [0.05, 0.1) is 5.69 Å². The molecule has 1 aromatic heterocycles. The number of halogens is 2. The van der Waals surface area contributed by atoms with Crippen LogP contribution in [0.2, 0.25) is 0 Å². The molecule has 0 aliphatic carbocycles. The number of nitrogens with zero attached hydrogens (tertiary/aromatic N) is 1. The number of benzene rings is 1. The predicted molar refractivity (Wildman–Crippen MR) is 73.3 cm³/mol. The summed E-state index contributed by atoms with van der Waals surface area (Å²) < 4.78 is 20.0. The predicted octanol–water partition coefficient (Wildman–Crippen LogP) is 3.51. The van der Waals surface area contributed by atoms with E-state index in [9.17, 15) is 4.39 Å². The molecule has 0 spiro atoms. The Morgan fingerprint density at radius 1 is 1.32 bits per heavy atom. The molecule has 1 aliphatic rings. The second-order valence-electron chi connectivity index (χ2n) is 4.53. The lowest BCUT2D eigenvalue weighted by Crippen LogP contribution is -2.24. The number of fused-ring (bicyclic) bond motifs is 1. The number of aromatic nitrogens is 1. The number of nitrogens with two attached hydrogens (primary N) is 1. The molecule has 3 nitrogen and oxygen atoms in total. The summed E-state index contributed by atoms with van der Waals surface area (Å²) in [5.41, 5.74) is 7.76. The van der Waals surface area contributed by atoms with Crippen LogP contribution in [0, 0.1) is 5.82 Å². The van der Waals surface area contributed by atoms with Gasteiger partial charge in [-0.15, -0.1) is 0 Å². The first kappa shape index (κ1) is 12.6. The highest BCUT2D eigenvalue weighted by Crippen LogP contribution is 2.39. The smallest absolute Gasteiger partial charge is 0.142 e. The van der Waals surface area contributed by atoms with Crippen molar-refractivity contribution in [3.63, 3.8) is 0 Å². The largest absolute Gasteiger partial charge is 0.484 e. The Kier molecular flexibility index (Phi) is 3.24. The Hall–Kier alpha value is -1.46. The van der Waals surface area contributed by atoms with Crippen molar-refractivity contribution in [3.8, 4) is 5.75 Å². The Morgan fingerprint density at radius 2 is 2.16 bits per heavy atom. The molecule has 2 atom stereocenters. The van der Waals surface area contributed by atoms with Gasteiger partial charge in [-0.25, -0.2) is 4.39 Å². The quantitative estimate of drug-likeness (QED) is 0.874. The molecule has 5 heteroatoms. The summed E-state index contributed by atoms with van der Waals surface area (Å²) in [6.07, 6.45) is 2.11. The zero-order valence-electron chi connectivity index (χ0n) is 10.0. The van der Waals surface area contributed by atoms with E-state index in [1.807, 2.05) is 12.1 Å². The molecular weight excluding hydrogens is 311 g/mol. The van der Waals surface area contributed by atoms with Crippen molar-refractivity contribution >= 4 is 15.9 Å². The van der Waals surface area contributed by atoms with Gasteiger partial charge >= 0.3 is 0 Å². The maximum Gasteiger partial charge on any atom is 0.142 e. The molecule has 2 unspecified atom stereocenters. The number of hydrogen-bond donors (Lipinski definition) is 1. The van der Waals surface area contributed by atoms with Gasteiger partial charge in [0, 0.05) is 34.8 Å². The third-order valence-corrected chi connectivity index (χ3v) is 3.66. The highest BCUT2D eigenvalue weighted by atomic mass is 79.9. The molecule has 3 rings (SSSR count). The van der Waals surface area contributed by atoms with Gasteiger partial charge in [-0.1, -0.05) is 6.07 Å². The molecule has 0 bridgehead atoms. The van der Waals surface area contributed by atoms with E-state index in [1.54, 1.807) is 12.3 Å². The van der Waals surface area contributed by atoms with Gasteiger partial charge in [0.15, 0.2) is 0 Å². The van der Waals surface area contributed by atoms with E-state index < -0.39 is 0 Å². The summed E-state index contributed by atoms with van der Waals surface area (Å²) >= 11 is 3.34. The minimum Gasteiger partial charge on any atom is -0.484 e. The van der Waals surface area contributed by atoms with Crippen LogP contribution >= 0.6 is 15.9 Å². The maximum atomic E-state index is 13.3. The summed E-state index contributed by atoms with van der Waals surface area (Å²) in [5, 5.41) is 0. The monoisotopic (exact) mass is 322 g/mol. The fourth-order valence-electron chi connectivity index (χ4n) is 2.23. The average molecular weight is 323 g/mol. The van der Waals surface area contributed by atoms with Crippen LogP contribution in [-0.2, 0) is 0 Å². The molecule has 0 amide bonds. The first-order chi connectivity index (χ1) is 9.13. The Bertz CT molecular complexity index is 603. The van der Waals surface area contributed by atoms with Crippen molar-refractivity contribution in [1.29, 1.82) is 0 Å². The second-order valence-corrected chi connectivity index (χ2v) is 5.45. The maximum absolute atomic E-state index is 13.3. The zero-order valence-corrected chi connectivity index (χ0v) is 11.6. The van der Waals surface area contributed by atoms with Gasteiger partial charge in [0.1, 0.15) is 17.7 Å². The Balaban J connectivity index is 1.93. The van der Waals surface area contributed by atoms with Gasteiger partial charge in [-0.05, 0) is 34.1 Å². The fraction of sp³-hybridized carbons (Fsp3) is 0.214. The van der Waals surface area contributed by atoms with Crippen LogP contribution in [-0.4, -0.2) is 4.98 Å². The third-order valence-electron chi connectivity index (χ3n) is 3.19. The van der Waals surface area contributed by atoms with Crippen molar-refractivity contribution in [2.24, 2.45) is 5.73 Å². The molecular formula is C14H12BrFN2O. The van der Waals surface area contributed by atoms with E-state index in [-0.39, 0.29) is 18.0 Å². The van der Waals surface area contributed by atoms with Gasteiger partial charge in [-0.2, -0.15) is 0 Å². The average Bonchev–Trinajstić information content (AvgIpc) is 2.38. The molecule has 2 aromatic rings. The summed E-state index contributed by atoms with van der Waals surface area (Å²) in [4.78, 5) is 4.31. The van der Waals surface area contributed by atoms with Crippen molar-refractivity contribution < 1.29 is 9.13 Å². The molecule has 19 heavy (non-hydrogen) atoms. The molecule has 1 aromatic carbocycles. The highest BCUT2D eigenvalue weighted by molar-refractivity contribution is 9.10. The summed E-state index contributed by atoms with van der Waals surface area (Å²) in [5.74, 6) is 0.184. The zero-order chi connectivity index (χ0) is 13.4. The van der Waals surface area contributed by atoms with Crippen LogP contribution in [0.3, 0.4) is 0 Å². The first-order valence-electron chi connectivity index (χ1n) is 5.96. The molecule has 0 saturated carbocycles. The van der Waals surface area contributed by atoms with Crippen molar-refractivity contribution in [3.05, 3.63) is 58.1 Å². The minimum atomic E-state index is -0.324. The summed E-state index contributed by atoms with van der Waals surface area (Å²) in [7, 11) is 0. The highest BCUT2D eigenvalue weighted by Gasteiger charge is 2.28.